The van der Waals surface area contributed by atoms with Crippen LogP contribution in [-0.2, 0) is 11.8 Å². The van der Waals surface area contributed by atoms with Gasteiger partial charge in [-0.25, -0.2) is 9.97 Å². The van der Waals surface area contributed by atoms with Crippen molar-refractivity contribution in [1.82, 2.24) is 9.97 Å². The molecule has 3 heteroatoms. The number of nitrogens with zero attached hydrogens (tertiary/aromatic N) is 2. The molecule has 0 fully saturated rings. The second kappa shape index (κ2) is 4.30. The summed E-state index contributed by atoms with van der Waals surface area (Å²) in [5.41, 5.74) is 2.42. The van der Waals surface area contributed by atoms with Gasteiger partial charge in [0.25, 0.3) is 0 Å². The number of hydrogen-bond acceptors (Lipinski definition) is 3. The summed E-state index contributed by atoms with van der Waals surface area (Å²) in [5, 5.41) is 1.16. The lowest BCUT2D eigenvalue weighted by Crippen LogP contribution is -2.11. The van der Waals surface area contributed by atoms with Crippen LogP contribution in [0.3, 0.4) is 0 Å². The van der Waals surface area contributed by atoms with Gasteiger partial charge in [0.1, 0.15) is 5.01 Å². The summed E-state index contributed by atoms with van der Waals surface area (Å²) < 4.78 is 1.19. The molecule has 0 saturated carbocycles. The van der Waals surface area contributed by atoms with E-state index < -0.39 is 0 Å². The van der Waals surface area contributed by atoms with Gasteiger partial charge in [-0.15, -0.1) is 11.3 Å². The van der Waals surface area contributed by atoms with Crippen LogP contribution in [0.2, 0.25) is 0 Å². The molecule has 2 rings (SSSR count). The fourth-order valence-corrected chi connectivity index (χ4v) is 2.79. The minimum Gasteiger partial charge on any atom is -0.232 e. The van der Waals surface area contributed by atoms with Gasteiger partial charge in [-0.05, 0) is 24.0 Å². The van der Waals surface area contributed by atoms with E-state index in [9.17, 15) is 0 Å². The summed E-state index contributed by atoms with van der Waals surface area (Å²) in [6, 6.07) is 4.30. The highest BCUT2D eigenvalue weighted by Crippen LogP contribution is 2.31. The van der Waals surface area contributed by atoms with Crippen molar-refractivity contribution in [2.45, 2.75) is 53.4 Å². The Hall–Kier alpha value is -0.960. The zero-order chi connectivity index (χ0) is 13.6. The highest BCUT2D eigenvalue weighted by molar-refractivity contribution is 7.18. The van der Waals surface area contributed by atoms with Crippen molar-refractivity contribution in [3.8, 4) is 0 Å². The average Bonchev–Trinajstić information content (AvgIpc) is 2.57. The highest BCUT2D eigenvalue weighted by atomic mass is 32.1. The molecule has 0 saturated heterocycles. The Kier molecular flexibility index (Phi) is 3.22. The molecule has 0 aliphatic carbocycles. The summed E-state index contributed by atoms with van der Waals surface area (Å²) in [5.74, 6) is 0. The molecule has 18 heavy (non-hydrogen) atoms. The maximum Gasteiger partial charge on any atom is 0.170 e. The maximum atomic E-state index is 4.69. The average molecular weight is 262 g/mol. The van der Waals surface area contributed by atoms with Crippen molar-refractivity contribution in [3.05, 3.63) is 22.8 Å². The molecule has 0 amide bonds. The Morgan fingerprint density at radius 2 is 1.67 bits per heavy atom. The van der Waals surface area contributed by atoms with Crippen LogP contribution in [0, 0.1) is 5.41 Å². The zero-order valence-corrected chi connectivity index (χ0v) is 13.0. The van der Waals surface area contributed by atoms with Crippen LogP contribution in [-0.4, -0.2) is 9.97 Å². The molecule has 0 aliphatic heterocycles. The van der Waals surface area contributed by atoms with Gasteiger partial charge in [0, 0.05) is 11.1 Å². The second-order valence-electron chi connectivity index (χ2n) is 7.13. The Bertz CT molecular complexity index is 556. The van der Waals surface area contributed by atoms with E-state index >= 15 is 0 Å². The molecular formula is C15H22N2S. The highest BCUT2D eigenvalue weighted by Gasteiger charge is 2.20. The fourth-order valence-electron chi connectivity index (χ4n) is 1.82. The molecule has 0 spiro atoms. The van der Waals surface area contributed by atoms with Crippen LogP contribution < -0.4 is 0 Å². The monoisotopic (exact) mass is 262 g/mol. The fraction of sp³-hybridized carbons (Fsp3) is 0.600. The normalized spacial score (nSPS) is 13.2. The first-order valence-corrected chi connectivity index (χ1v) is 7.24. The summed E-state index contributed by atoms with van der Waals surface area (Å²) in [7, 11) is 0. The molecule has 0 N–H and O–H groups in total. The predicted octanol–water partition coefficient (Wildman–Crippen LogP) is 4.58. The van der Waals surface area contributed by atoms with E-state index in [2.05, 4.69) is 58.7 Å². The number of rotatable bonds is 1. The first-order valence-electron chi connectivity index (χ1n) is 6.42. The van der Waals surface area contributed by atoms with Gasteiger partial charge in [-0.3, -0.25) is 0 Å². The lowest BCUT2D eigenvalue weighted by Gasteiger charge is -2.16. The molecule has 2 nitrogen and oxygen atoms in total. The van der Waals surface area contributed by atoms with E-state index in [0.29, 0.717) is 0 Å². The summed E-state index contributed by atoms with van der Waals surface area (Å²) in [4.78, 5) is 9.38. The molecule has 2 heterocycles. The Labute approximate surface area is 113 Å². The molecule has 0 unspecified atom stereocenters. The third-order valence-electron chi connectivity index (χ3n) is 2.66. The predicted molar refractivity (Wildman–Crippen MR) is 79.3 cm³/mol. The van der Waals surface area contributed by atoms with Crippen LogP contribution in [0.25, 0.3) is 10.3 Å². The molecule has 0 atom stereocenters. The summed E-state index contributed by atoms with van der Waals surface area (Å²) in [6.07, 6.45) is 0.991. The van der Waals surface area contributed by atoms with E-state index in [-0.39, 0.29) is 10.8 Å². The van der Waals surface area contributed by atoms with Gasteiger partial charge in [-0.1, -0.05) is 41.5 Å². The second-order valence-corrected chi connectivity index (χ2v) is 8.16. The third kappa shape index (κ3) is 3.08. The SMILES string of the molecule is CC(C)(C)Cc1ccc2sc(C(C)(C)C)nc2n1. The van der Waals surface area contributed by atoms with Gasteiger partial charge in [0.15, 0.2) is 5.65 Å². The van der Waals surface area contributed by atoms with E-state index in [1.54, 1.807) is 11.3 Å². The molecule has 0 aliphatic rings. The molecule has 2 aromatic heterocycles. The minimum atomic E-state index is 0.107. The van der Waals surface area contributed by atoms with Crippen LogP contribution in [0.4, 0.5) is 0 Å². The molecule has 0 aromatic carbocycles. The standard InChI is InChI=1S/C15H22N2S/c1-14(2,3)9-10-7-8-11-12(16-10)17-13(18-11)15(4,5)6/h7-8H,9H2,1-6H3. The van der Waals surface area contributed by atoms with Crippen molar-refractivity contribution >= 4 is 21.7 Å². The number of fused-ring (bicyclic) bond motifs is 1. The Morgan fingerprint density at radius 1 is 1.00 bits per heavy atom. The number of aromatic nitrogens is 2. The van der Waals surface area contributed by atoms with Gasteiger partial charge >= 0.3 is 0 Å². The van der Waals surface area contributed by atoms with Crippen molar-refractivity contribution in [1.29, 1.82) is 0 Å². The lowest BCUT2D eigenvalue weighted by atomic mass is 9.90. The van der Waals surface area contributed by atoms with Crippen molar-refractivity contribution in [3.63, 3.8) is 0 Å². The zero-order valence-electron chi connectivity index (χ0n) is 12.2. The number of thiazole rings is 1. The Balaban J connectivity index is 2.40. The first-order chi connectivity index (χ1) is 8.15. The smallest absolute Gasteiger partial charge is 0.170 e. The topological polar surface area (TPSA) is 25.8 Å². The van der Waals surface area contributed by atoms with Gasteiger partial charge in [0.2, 0.25) is 0 Å². The maximum absolute atomic E-state index is 4.69. The van der Waals surface area contributed by atoms with Gasteiger partial charge < -0.3 is 0 Å². The van der Waals surface area contributed by atoms with Crippen molar-refractivity contribution in [2.75, 3.05) is 0 Å². The van der Waals surface area contributed by atoms with Crippen molar-refractivity contribution in [2.24, 2.45) is 5.41 Å². The van der Waals surface area contributed by atoms with Gasteiger partial charge in [-0.2, -0.15) is 0 Å². The molecule has 98 valence electrons. The summed E-state index contributed by atoms with van der Waals surface area (Å²) in [6.45, 7) is 13.3. The Morgan fingerprint density at radius 3 is 2.22 bits per heavy atom. The quantitative estimate of drug-likeness (QED) is 0.752. The van der Waals surface area contributed by atoms with E-state index in [1.165, 1.54) is 4.70 Å². The minimum absolute atomic E-state index is 0.107. The van der Waals surface area contributed by atoms with E-state index in [0.717, 1.165) is 22.8 Å². The van der Waals surface area contributed by atoms with Gasteiger partial charge in [0.05, 0.1) is 4.70 Å². The van der Waals surface area contributed by atoms with Crippen LogP contribution in [0.5, 0.6) is 0 Å². The number of hydrogen-bond donors (Lipinski definition) is 0. The summed E-state index contributed by atoms with van der Waals surface area (Å²) >= 11 is 1.76. The first kappa shape index (κ1) is 13.5. The molecule has 0 bridgehead atoms. The van der Waals surface area contributed by atoms with E-state index in [4.69, 9.17) is 4.98 Å². The van der Waals surface area contributed by atoms with E-state index in [1.807, 2.05) is 0 Å². The third-order valence-corrected chi connectivity index (χ3v) is 4.10. The lowest BCUT2D eigenvalue weighted by molar-refractivity contribution is 0.407. The van der Waals surface area contributed by atoms with Crippen LogP contribution in [0.15, 0.2) is 12.1 Å². The number of pyridine rings is 1. The van der Waals surface area contributed by atoms with Crippen molar-refractivity contribution < 1.29 is 0 Å². The molecule has 2 aromatic rings. The molecule has 0 radical (unpaired) electrons. The largest absolute Gasteiger partial charge is 0.232 e. The van der Waals surface area contributed by atoms with Crippen LogP contribution >= 0.6 is 11.3 Å². The van der Waals surface area contributed by atoms with Crippen LogP contribution in [0.1, 0.15) is 52.2 Å². The molecular weight excluding hydrogens is 240 g/mol.